The van der Waals surface area contributed by atoms with Gasteiger partial charge >= 0.3 is 6.09 Å². The number of amides is 1. The summed E-state index contributed by atoms with van der Waals surface area (Å²) < 4.78 is 12.1. The number of aromatic nitrogens is 1. The van der Waals surface area contributed by atoms with E-state index in [2.05, 4.69) is 47.4 Å². The summed E-state index contributed by atoms with van der Waals surface area (Å²) in [7, 11) is 0. The Kier molecular flexibility index (Phi) is 8.68. The number of halogens is 2. The number of ketones is 1. The molecule has 1 amide bonds. The average Bonchev–Trinajstić information content (AvgIpc) is 3.03. The molecule has 0 radical (unpaired) electrons. The summed E-state index contributed by atoms with van der Waals surface area (Å²) in [6.45, 7) is 1.13. The molecule has 0 bridgehead atoms. The third-order valence-electron chi connectivity index (χ3n) is 8.35. The van der Waals surface area contributed by atoms with Gasteiger partial charge in [-0.15, -0.1) is 0 Å². The van der Waals surface area contributed by atoms with Gasteiger partial charge in [0.15, 0.2) is 0 Å². The molecule has 220 valence electrons. The highest BCUT2D eigenvalue weighted by molar-refractivity contribution is 6.42. The van der Waals surface area contributed by atoms with Crippen molar-refractivity contribution in [2.45, 2.75) is 50.5 Å². The van der Waals surface area contributed by atoms with E-state index < -0.39 is 6.09 Å². The molecule has 0 unspecified atom stereocenters. The Morgan fingerprint density at radius 2 is 1.67 bits per heavy atom. The first-order valence-corrected chi connectivity index (χ1v) is 15.4. The van der Waals surface area contributed by atoms with Crippen molar-refractivity contribution in [2.24, 2.45) is 0 Å². The van der Waals surface area contributed by atoms with Crippen LogP contribution in [0.1, 0.15) is 42.5 Å². The maximum absolute atomic E-state index is 12.7. The molecular weight excluding hydrogens is 583 g/mol. The Morgan fingerprint density at radius 1 is 0.884 bits per heavy atom. The molecule has 3 aromatic carbocycles. The standard InChI is InChI=1S/C35H32Cl2N2O4/c36-31-12-11-30(23-32(31)37)42-34(41)39-19-16-35(17-20-39)15-14-27-21-26(9-13-33(27)43-35)25-7-4-24(5-8-25)6-10-29(40)22-28-3-1-2-18-38-28/h1-5,7-9,11-13,18,21,23H,6,10,14-17,19-20,22H2. The van der Waals surface area contributed by atoms with Gasteiger partial charge < -0.3 is 14.4 Å². The Balaban J connectivity index is 1.02. The van der Waals surface area contributed by atoms with Crippen LogP contribution in [0.25, 0.3) is 11.1 Å². The van der Waals surface area contributed by atoms with Crippen molar-refractivity contribution in [1.29, 1.82) is 0 Å². The molecule has 1 spiro atoms. The van der Waals surface area contributed by atoms with Gasteiger partial charge in [-0.05, 0) is 77.9 Å². The highest BCUT2D eigenvalue weighted by Gasteiger charge is 2.41. The number of ether oxygens (including phenoxy) is 2. The number of rotatable bonds is 7. The molecule has 43 heavy (non-hydrogen) atoms. The van der Waals surface area contributed by atoms with Crippen LogP contribution in [0.2, 0.25) is 10.0 Å². The van der Waals surface area contributed by atoms with Crippen LogP contribution < -0.4 is 9.47 Å². The van der Waals surface area contributed by atoms with Gasteiger partial charge in [-0.2, -0.15) is 0 Å². The normalized spacial score (nSPS) is 15.4. The summed E-state index contributed by atoms with van der Waals surface area (Å²) in [6.07, 6.45) is 6.25. The van der Waals surface area contributed by atoms with Crippen LogP contribution in [0.3, 0.4) is 0 Å². The predicted molar refractivity (Wildman–Crippen MR) is 168 cm³/mol. The first-order valence-electron chi connectivity index (χ1n) is 14.6. The summed E-state index contributed by atoms with van der Waals surface area (Å²) >= 11 is 12.0. The zero-order valence-electron chi connectivity index (χ0n) is 23.7. The van der Waals surface area contributed by atoms with Crippen molar-refractivity contribution in [3.63, 3.8) is 0 Å². The largest absolute Gasteiger partial charge is 0.487 e. The quantitative estimate of drug-likeness (QED) is 0.210. The molecule has 1 aromatic heterocycles. The van der Waals surface area contributed by atoms with E-state index in [0.29, 0.717) is 41.7 Å². The van der Waals surface area contributed by atoms with Crippen LogP contribution in [-0.4, -0.2) is 40.5 Å². The van der Waals surface area contributed by atoms with Crippen LogP contribution in [0.5, 0.6) is 11.5 Å². The van der Waals surface area contributed by atoms with Crippen molar-refractivity contribution in [3.8, 4) is 22.6 Å². The average molecular weight is 616 g/mol. The van der Waals surface area contributed by atoms with Gasteiger partial charge in [0.2, 0.25) is 0 Å². The molecule has 2 aliphatic rings. The zero-order valence-corrected chi connectivity index (χ0v) is 25.2. The molecule has 0 N–H and O–H groups in total. The van der Waals surface area contributed by atoms with E-state index in [1.165, 1.54) is 5.56 Å². The topological polar surface area (TPSA) is 68.7 Å². The van der Waals surface area contributed by atoms with Crippen molar-refractivity contribution < 1.29 is 19.1 Å². The maximum Gasteiger partial charge on any atom is 0.415 e. The van der Waals surface area contributed by atoms with Crippen molar-refractivity contribution in [2.75, 3.05) is 13.1 Å². The fourth-order valence-corrected chi connectivity index (χ4v) is 6.08. The Morgan fingerprint density at radius 3 is 2.42 bits per heavy atom. The third kappa shape index (κ3) is 7.03. The SMILES string of the molecule is O=C(CCc1ccc(-c2ccc3c(c2)CCC2(CCN(C(=O)Oc4ccc(Cl)c(Cl)c4)CC2)O3)cc1)Cc1ccccn1. The second-order valence-corrected chi connectivity index (χ2v) is 12.1. The Hall–Kier alpha value is -3.87. The molecule has 3 heterocycles. The lowest BCUT2D eigenvalue weighted by atomic mass is 9.82. The third-order valence-corrected chi connectivity index (χ3v) is 9.09. The molecule has 1 fully saturated rings. The summed E-state index contributed by atoms with van der Waals surface area (Å²) in [5.74, 6) is 1.49. The number of Topliss-reactive ketones (excluding diaryl/α,β-unsaturated/α-hetero) is 1. The number of piperidine rings is 1. The minimum absolute atomic E-state index is 0.198. The second-order valence-electron chi connectivity index (χ2n) is 11.3. The van der Waals surface area contributed by atoms with Crippen molar-refractivity contribution in [1.82, 2.24) is 9.88 Å². The molecular formula is C35H32Cl2N2O4. The first kappa shape index (κ1) is 29.2. The van der Waals surface area contributed by atoms with Crippen LogP contribution >= 0.6 is 23.2 Å². The van der Waals surface area contributed by atoms with E-state index in [-0.39, 0.29) is 11.4 Å². The summed E-state index contributed by atoms with van der Waals surface area (Å²) in [5.41, 5.74) is 5.18. The minimum atomic E-state index is -0.392. The van der Waals surface area contributed by atoms with E-state index >= 15 is 0 Å². The molecule has 0 saturated carbocycles. The van der Waals surface area contributed by atoms with Crippen LogP contribution in [0.4, 0.5) is 4.79 Å². The molecule has 4 aromatic rings. The molecule has 0 atom stereocenters. The number of benzene rings is 3. The van der Waals surface area contributed by atoms with Gasteiger partial charge in [-0.3, -0.25) is 9.78 Å². The molecule has 0 aliphatic carbocycles. The number of hydrogen-bond acceptors (Lipinski definition) is 5. The number of carbonyl (C=O) groups is 2. The molecule has 6 nitrogen and oxygen atoms in total. The van der Waals surface area contributed by atoms with Crippen molar-refractivity contribution in [3.05, 3.63) is 112 Å². The number of fused-ring (bicyclic) bond motifs is 1. The Bertz CT molecular complexity index is 1620. The molecule has 6 rings (SSSR count). The van der Waals surface area contributed by atoms with Crippen LogP contribution in [0.15, 0.2) is 85.1 Å². The maximum atomic E-state index is 12.7. The lowest BCUT2D eigenvalue weighted by molar-refractivity contribution is -0.118. The van der Waals surface area contributed by atoms with Gasteiger partial charge in [-0.1, -0.05) is 59.6 Å². The van der Waals surface area contributed by atoms with Gasteiger partial charge in [-0.25, -0.2) is 4.79 Å². The lowest BCUT2D eigenvalue weighted by Gasteiger charge is -2.44. The van der Waals surface area contributed by atoms with Gasteiger partial charge in [0.1, 0.15) is 22.9 Å². The molecule has 1 saturated heterocycles. The molecule has 8 heteroatoms. The van der Waals surface area contributed by atoms with E-state index in [9.17, 15) is 9.59 Å². The Labute approximate surface area is 261 Å². The summed E-state index contributed by atoms with van der Waals surface area (Å²) in [5, 5.41) is 0.763. The van der Waals surface area contributed by atoms with E-state index in [1.807, 2.05) is 18.2 Å². The highest BCUT2D eigenvalue weighted by atomic mass is 35.5. The monoisotopic (exact) mass is 614 g/mol. The van der Waals surface area contributed by atoms with Crippen LogP contribution in [-0.2, 0) is 24.1 Å². The molecule has 2 aliphatic heterocycles. The van der Waals surface area contributed by atoms with E-state index in [0.717, 1.165) is 60.2 Å². The van der Waals surface area contributed by atoms with Gasteiger partial charge in [0.25, 0.3) is 0 Å². The predicted octanol–water partition coefficient (Wildman–Crippen LogP) is 8.16. The zero-order chi connectivity index (χ0) is 29.8. The van der Waals surface area contributed by atoms with Gasteiger partial charge in [0.05, 0.1) is 10.0 Å². The summed E-state index contributed by atoms with van der Waals surface area (Å²) in [4.78, 5) is 31.1. The fraction of sp³-hybridized carbons (Fsp3) is 0.286. The highest BCUT2D eigenvalue weighted by Crippen LogP contribution is 2.41. The van der Waals surface area contributed by atoms with E-state index in [4.69, 9.17) is 32.7 Å². The first-order chi connectivity index (χ1) is 20.9. The van der Waals surface area contributed by atoms with Crippen molar-refractivity contribution >= 4 is 35.1 Å². The number of nitrogens with zero attached hydrogens (tertiary/aromatic N) is 2. The number of hydrogen-bond donors (Lipinski definition) is 0. The smallest absolute Gasteiger partial charge is 0.415 e. The van der Waals surface area contributed by atoms with Crippen LogP contribution in [0, 0.1) is 0 Å². The number of pyridine rings is 1. The number of aryl methyl sites for hydroxylation is 2. The second kappa shape index (κ2) is 12.8. The summed E-state index contributed by atoms with van der Waals surface area (Å²) in [6, 6.07) is 25.3. The van der Waals surface area contributed by atoms with E-state index in [1.54, 1.807) is 29.3 Å². The number of carbonyl (C=O) groups excluding carboxylic acids is 2. The minimum Gasteiger partial charge on any atom is -0.487 e. The fourth-order valence-electron chi connectivity index (χ4n) is 5.80. The van der Waals surface area contributed by atoms with Gasteiger partial charge in [0, 0.05) is 56.7 Å². The number of likely N-dealkylation sites (tertiary alicyclic amines) is 1. The lowest BCUT2D eigenvalue weighted by Crippen LogP contribution is -2.51.